The average Bonchev–Trinajstić information content (AvgIpc) is 3.67. The molecule has 13 nitrogen and oxygen atoms in total. The van der Waals surface area contributed by atoms with Gasteiger partial charge in [0, 0.05) is 39.0 Å². The molecule has 1 aromatic carbocycles. The SMILES string of the molecule is CNCCn1nc2c(F)c3c(c(F)c2n1)CC(CN1CCC2(CC1)CN(c1cnc4c(n1)NC(=O)CO4)C(=O)O2)C3. The molecule has 15 heteroatoms. The first kappa shape index (κ1) is 26.0. The highest BCUT2D eigenvalue weighted by Gasteiger charge is 2.48. The minimum absolute atomic E-state index is 0.0101. The number of carbonyl (C=O) groups excluding carboxylic acids is 2. The highest BCUT2D eigenvalue weighted by Crippen LogP contribution is 2.39. The largest absolute Gasteiger partial charge is 0.465 e. The number of hydrogen-bond acceptors (Lipinski definition) is 10. The number of benzene rings is 1. The Morgan fingerprint density at radius 3 is 2.51 bits per heavy atom. The molecular weight excluding hydrogens is 540 g/mol. The Labute approximate surface area is 233 Å². The van der Waals surface area contributed by atoms with Crippen molar-refractivity contribution in [3.05, 3.63) is 29.0 Å². The van der Waals surface area contributed by atoms with Gasteiger partial charge >= 0.3 is 6.09 Å². The van der Waals surface area contributed by atoms with Crippen molar-refractivity contribution in [1.82, 2.24) is 35.2 Å². The normalized spacial score (nSPS) is 20.3. The number of nitrogens with zero attached hydrogens (tertiary/aromatic N) is 7. The molecule has 2 saturated heterocycles. The van der Waals surface area contributed by atoms with E-state index >= 15 is 8.78 Å². The van der Waals surface area contributed by atoms with Gasteiger partial charge in [-0.3, -0.25) is 9.69 Å². The number of amides is 2. The zero-order valence-electron chi connectivity index (χ0n) is 22.5. The van der Waals surface area contributed by atoms with Crippen LogP contribution in [0.3, 0.4) is 0 Å². The van der Waals surface area contributed by atoms with E-state index in [1.807, 2.05) is 0 Å². The summed E-state index contributed by atoms with van der Waals surface area (Å²) in [6.45, 7) is 3.25. The number of likely N-dealkylation sites (N-methyl/N-ethyl adjacent to an activating group) is 1. The van der Waals surface area contributed by atoms with E-state index in [0.29, 0.717) is 76.1 Å². The first-order chi connectivity index (χ1) is 19.8. The van der Waals surface area contributed by atoms with E-state index in [1.54, 1.807) is 7.05 Å². The van der Waals surface area contributed by atoms with Crippen LogP contribution in [0.1, 0.15) is 24.0 Å². The number of hydrogen-bond donors (Lipinski definition) is 2. The molecule has 0 unspecified atom stereocenters. The Kier molecular flexibility index (Phi) is 6.23. The maximum absolute atomic E-state index is 15.4. The first-order valence-corrected chi connectivity index (χ1v) is 13.7. The predicted octanol–water partition coefficient (Wildman–Crippen LogP) is 1.26. The number of fused-ring (bicyclic) bond motifs is 3. The summed E-state index contributed by atoms with van der Waals surface area (Å²) in [6, 6.07) is 0. The van der Waals surface area contributed by atoms with Crippen LogP contribution >= 0.6 is 0 Å². The summed E-state index contributed by atoms with van der Waals surface area (Å²) < 4.78 is 41.8. The number of aromatic nitrogens is 5. The van der Waals surface area contributed by atoms with Gasteiger partial charge in [0.1, 0.15) is 5.60 Å². The lowest BCUT2D eigenvalue weighted by atomic mass is 9.90. The lowest BCUT2D eigenvalue weighted by Crippen LogP contribution is -2.48. The number of piperidine rings is 1. The molecule has 3 aliphatic heterocycles. The van der Waals surface area contributed by atoms with E-state index in [9.17, 15) is 9.59 Å². The van der Waals surface area contributed by atoms with Crippen LogP contribution in [-0.2, 0) is 28.9 Å². The lowest BCUT2D eigenvalue weighted by molar-refractivity contribution is -0.118. The average molecular weight is 570 g/mol. The third kappa shape index (κ3) is 4.52. The number of carbonyl (C=O) groups is 2. The molecule has 1 spiro atoms. The standard InChI is InChI=1S/C26H29F2N9O4/c1-29-4-7-37-33-21-19(27)15-8-14(9-16(15)20(28)22(21)34-37)11-35-5-2-26(3-6-35)13-36(25(39)41-26)17-10-30-24-23(31-17)32-18(38)12-40-24/h10,14,29H,2-9,11-13H2,1H3,(H,31,32,38). The zero-order chi connectivity index (χ0) is 28.3. The minimum Gasteiger partial charge on any atom is -0.465 e. The summed E-state index contributed by atoms with van der Waals surface area (Å²) in [4.78, 5) is 38.0. The predicted molar refractivity (Wildman–Crippen MR) is 141 cm³/mol. The number of anilines is 2. The van der Waals surface area contributed by atoms with E-state index in [-0.39, 0.29) is 47.0 Å². The van der Waals surface area contributed by atoms with Gasteiger partial charge < -0.3 is 25.0 Å². The van der Waals surface area contributed by atoms with Crippen LogP contribution in [0.25, 0.3) is 11.0 Å². The summed E-state index contributed by atoms with van der Waals surface area (Å²) >= 11 is 0. The number of halogens is 2. The van der Waals surface area contributed by atoms with Gasteiger partial charge in [0.2, 0.25) is 0 Å². The number of ether oxygens (including phenoxy) is 2. The van der Waals surface area contributed by atoms with Crippen LogP contribution in [-0.4, -0.2) is 93.8 Å². The molecule has 0 radical (unpaired) electrons. The van der Waals surface area contributed by atoms with E-state index in [2.05, 4.69) is 35.7 Å². The number of likely N-dealkylation sites (tertiary alicyclic amines) is 1. The topological polar surface area (TPSA) is 140 Å². The molecule has 5 heterocycles. The smallest absolute Gasteiger partial charge is 0.416 e. The summed E-state index contributed by atoms with van der Waals surface area (Å²) in [5.41, 5.74) is 0.127. The molecule has 41 heavy (non-hydrogen) atoms. The number of rotatable bonds is 6. The Hall–Kier alpha value is -3.98. The molecule has 2 amide bonds. The van der Waals surface area contributed by atoms with Crippen LogP contribution in [0.2, 0.25) is 0 Å². The summed E-state index contributed by atoms with van der Waals surface area (Å²) in [7, 11) is 1.79. The summed E-state index contributed by atoms with van der Waals surface area (Å²) in [5.74, 6) is -0.556. The van der Waals surface area contributed by atoms with Crippen molar-refractivity contribution in [3.63, 3.8) is 0 Å². The monoisotopic (exact) mass is 569 g/mol. The van der Waals surface area contributed by atoms with Gasteiger partial charge in [0.15, 0.2) is 40.9 Å². The third-order valence-corrected chi connectivity index (χ3v) is 8.37. The van der Waals surface area contributed by atoms with Crippen molar-refractivity contribution >= 4 is 34.7 Å². The van der Waals surface area contributed by atoms with Crippen LogP contribution in [0.15, 0.2) is 6.20 Å². The van der Waals surface area contributed by atoms with Crippen LogP contribution in [0.4, 0.5) is 25.2 Å². The van der Waals surface area contributed by atoms with Crippen LogP contribution < -0.4 is 20.3 Å². The van der Waals surface area contributed by atoms with Gasteiger partial charge in [0.05, 0.1) is 19.3 Å². The lowest BCUT2D eigenvalue weighted by Gasteiger charge is -2.38. The second-order valence-electron chi connectivity index (χ2n) is 11.1. The van der Waals surface area contributed by atoms with Crippen molar-refractivity contribution < 1.29 is 27.8 Å². The molecule has 216 valence electrons. The molecule has 2 aromatic heterocycles. The fraction of sp³-hybridized carbons (Fsp3) is 0.538. The Bertz CT molecular complexity index is 1510. The Morgan fingerprint density at radius 1 is 1.12 bits per heavy atom. The Balaban J connectivity index is 0.988. The molecule has 0 atom stereocenters. The zero-order valence-corrected chi connectivity index (χ0v) is 22.5. The van der Waals surface area contributed by atoms with Gasteiger partial charge in [0.25, 0.3) is 11.8 Å². The third-order valence-electron chi connectivity index (χ3n) is 8.37. The fourth-order valence-corrected chi connectivity index (χ4v) is 6.27. The van der Waals surface area contributed by atoms with E-state index < -0.39 is 23.3 Å². The van der Waals surface area contributed by atoms with Crippen molar-refractivity contribution in [2.24, 2.45) is 5.92 Å². The molecular formula is C26H29F2N9O4. The summed E-state index contributed by atoms with van der Waals surface area (Å²) in [5, 5.41) is 14.0. The van der Waals surface area contributed by atoms with Gasteiger partial charge in [-0.25, -0.2) is 23.5 Å². The van der Waals surface area contributed by atoms with Crippen molar-refractivity contribution in [2.45, 2.75) is 37.8 Å². The fourth-order valence-electron chi connectivity index (χ4n) is 6.27. The molecule has 2 N–H and O–H groups in total. The van der Waals surface area contributed by atoms with Crippen molar-refractivity contribution in [3.8, 4) is 5.88 Å². The van der Waals surface area contributed by atoms with Gasteiger partial charge in [-0.05, 0) is 36.9 Å². The Morgan fingerprint density at radius 2 is 1.83 bits per heavy atom. The van der Waals surface area contributed by atoms with Gasteiger partial charge in [-0.15, -0.1) is 0 Å². The van der Waals surface area contributed by atoms with Crippen LogP contribution in [0.5, 0.6) is 5.88 Å². The van der Waals surface area contributed by atoms with Crippen molar-refractivity contribution in [2.75, 3.05) is 56.6 Å². The van der Waals surface area contributed by atoms with E-state index in [0.717, 1.165) is 0 Å². The second-order valence-corrected chi connectivity index (χ2v) is 11.1. The number of nitrogens with one attached hydrogen (secondary N) is 2. The quantitative estimate of drug-likeness (QED) is 0.446. The van der Waals surface area contributed by atoms with Gasteiger partial charge in [-0.1, -0.05) is 0 Å². The molecule has 3 aromatic rings. The van der Waals surface area contributed by atoms with Gasteiger partial charge in [-0.2, -0.15) is 15.0 Å². The van der Waals surface area contributed by atoms with Crippen molar-refractivity contribution in [1.29, 1.82) is 0 Å². The molecule has 4 aliphatic rings. The maximum atomic E-state index is 15.4. The molecule has 0 bridgehead atoms. The molecule has 1 aliphatic carbocycles. The first-order valence-electron chi connectivity index (χ1n) is 13.7. The highest BCUT2D eigenvalue weighted by molar-refractivity contribution is 5.94. The van der Waals surface area contributed by atoms with Crippen LogP contribution in [0, 0.1) is 17.6 Å². The maximum Gasteiger partial charge on any atom is 0.416 e. The highest BCUT2D eigenvalue weighted by atomic mass is 19.1. The second kappa shape index (κ2) is 9.83. The van der Waals surface area contributed by atoms with E-state index in [4.69, 9.17) is 9.47 Å². The summed E-state index contributed by atoms with van der Waals surface area (Å²) in [6.07, 6.45) is 3.03. The van der Waals surface area contributed by atoms with E-state index in [1.165, 1.54) is 15.9 Å². The minimum atomic E-state index is -0.662. The molecule has 0 saturated carbocycles. The molecule has 2 fully saturated rings. The molecule has 7 rings (SSSR count).